The average molecular weight is 312 g/mol. The summed E-state index contributed by atoms with van der Waals surface area (Å²) in [5.41, 5.74) is 11.1. The fourth-order valence-corrected chi connectivity index (χ4v) is 2.90. The molecule has 4 N–H and O–H groups in total. The summed E-state index contributed by atoms with van der Waals surface area (Å²) in [6.45, 7) is 9.95. The van der Waals surface area contributed by atoms with Crippen LogP contribution in [0.2, 0.25) is 0 Å². The summed E-state index contributed by atoms with van der Waals surface area (Å²) >= 11 is 1.46. The second-order valence-corrected chi connectivity index (χ2v) is 6.68. The van der Waals surface area contributed by atoms with Gasteiger partial charge in [-0.1, -0.05) is 0 Å². The molecule has 1 rings (SSSR count). The van der Waals surface area contributed by atoms with E-state index in [2.05, 4.69) is 15.0 Å². The molecule has 118 valence electrons. The summed E-state index contributed by atoms with van der Waals surface area (Å²) in [5, 5.41) is -0.186. The van der Waals surface area contributed by atoms with Gasteiger partial charge in [0.05, 0.1) is 11.0 Å². The van der Waals surface area contributed by atoms with E-state index < -0.39 is 0 Å². The van der Waals surface area contributed by atoms with Gasteiger partial charge in [-0.2, -0.15) is 15.0 Å². The van der Waals surface area contributed by atoms with E-state index in [1.54, 1.807) is 0 Å². The predicted molar refractivity (Wildman–Crippen MR) is 86.5 cm³/mol. The van der Waals surface area contributed by atoms with Gasteiger partial charge in [0, 0.05) is 12.1 Å². The maximum Gasteiger partial charge on any atom is 0.235 e. The third kappa shape index (κ3) is 5.04. The van der Waals surface area contributed by atoms with Crippen molar-refractivity contribution in [1.29, 1.82) is 0 Å². The number of nitrogens with zero attached hydrogens (tertiary/aromatic N) is 4. The van der Waals surface area contributed by atoms with Crippen LogP contribution in [0.4, 0.5) is 11.9 Å². The van der Waals surface area contributed by atoms with E-state index in [0.29, 0.717) is 11.6 Å². The molecule has 1 heterocycles. The highest BCUT2D eigenvalue weighted by Crippen LogP contribution is 2.20. The number of nitrogens with two attached hydrogens (primary N) is 2. The molecular weight excluding hydrogens is 288 g/mol. The van der Waals surface area contributed by atoms with Gasteiger partial charge in [-0.25, -0.2) is 0 Å². The lowest BCUT2D eigenvalue weighted by Gasteiger charge is -2.32. The minimum atomic E-state index is -0.186. The number of aromatic nitrogens is 3. The molecule has 0 saturated heterocycles. The SMILES string of the molecule is CC(C)N(C(=O)[C@@H](C)SCc1nc(N)nc(N)n1)C(C)C. The third-order valence-electron chi connectivity index (χ3n) is 2.89. The van der Waals surface area contributed by atoms with Gasteiger partial charge in [0.25, 0.3) is 0 Å². The standard InChI is InChI=1S/C13H24N6OS/c1-7(2)19(8(3)4)11(20)9(5)21-6-10-16-12(14)18-13(15)17-10/h7-9H,6H2,1-5H3,(H4,14,15,16,17,18)/t9-/m1/s1. The van der Waals surface area contributed by atoms with Crippen molar-refractivity contribution in [3.8, 4) is 0 Å². The average Bonchev–Trinajstić information content (AvgIpc) is 2.33. The van der Waals surface area contributed by atoms with Crippen LogP contribution in [0.1, 0.15) is 40.4 Å². The zero-order chi connectivity index (χ0) is 16.2. The second-order valence-electron chi connectivity index (χ2n) is 5.35. The van der Waals surface area contributed by atoms with Crippen molar-refractivity contribution in [3.63, 3.8) is 0 Å². The number of amides is 1. The highest BCUT2D eigenvalue weighted by molar-refractivity contribution is 7.99. The molecule has 0 spiro atoms. The monoisotopic (exact) mass is 312 g/mol. The summed E-state index contributed by atoms with van der Waals surface area (Å²) in [6, 6.07) is 0.341. The molecule has 0 saturated carbocycles. The molecule has 1 amide bonds. The fourth-order valence-electron chi connectivity index (χ4n) is 2.11. The molecule has 0 aliphatic rings. The second kappa shape index (κ2) is 7.44. The summed E-state index contributed by atoms with van der Waals surface area (Å²) in [4.78, 5) is 26.1. The van der Waals surface area contributed by atoms with Gasteiger partial charge in [0.15, 0.2) is 0 Å². The van der Waals surface area contributed by atoms with Crippen LogP contribution < -0.4 is 11.5 Å². The van der Waals surface area contributed by atoms with Gasteiger partial charge in [-0.05, 0) is 34.6 Å². The lowest BCUT2D eigenvalue weighted by molar-refractivity contribution is -0.133. The van der Waals surface area contributed by atoms with Crippen LogP contribution >= 0.6 is 11.8 Å². The van der Waals surface area contributed by atoms with Crippen LogP contribution in [-0.4, -0.2) is 43.1 Å². The van der Waals surface area contributed by atoms with Crippen LogP contribution in [0.3, 0.4) is 0 Å². The Hall–Kier alpha value is -1.57. The Balaban J connectivity index is 2.68. The Bertz CT molecular complexity index is 465. The molecule has 0 aromatic carbocycles. The number of nitrogen functional groups attached to an aromatic ring is 2. The Labute approximate surface area is 129 Å². The van der Waals surface area contributed by atoms with Gasteiger partial charge in [-0.15, -0.1) is 11.8 Å². The molecule has 0 aliphatic carbocycles. The van der Waals surface area contributed by atoms with Crippen molar-refractivity contribution in [2.45, 2.75) is 57.7 Å². The molecule has 1 aromatic heterocycles. The van der Waals surface area contributed by atoms with Gasteiger partial charge < -0.3 is 16.4 Å². The van der Waals surface area contributed by atoms with Crippen LogP contribution in [0.15, 0.2) is 0 Å². The topological polar surface area (TPSA) is 111 Å². The van der Waals surface area contributed by atoms with E-state index in [1.807, 2.05) is 39.5 Å². The zero-order valence-electron chi connectivity index (χ0n) is 13.2. The summed E-state index contributed by atoms with van der Waals surface area (Å²) in [5.74, 6) is 1.27. The molecule has 0 bridgehead atoms. The molecule has 0 aliphatic heterocycles. The van der Waals surface area contributed by atoms with E-state index in [9.17, 15) is 4.79 Å². The summed E-state index contributed by atoms with van der Waals surface area (Å²) < 4.78 is 0. The number of carbonyl (C=O) groups is 1. The quantitative estimate of drug-likeness (QED) is 0.814. The first-order valence-electron chi connectivity index (χ1n) is 6.92. The minimum Gasteiger partial charge on any atom is -0.368 e. The Morgan fingerprint density at radius 3 is 1.95 bits per heavy atom. The van der Waals surface area contributed by atoms with Crippen molar-refractivity contribution in [2.75, 3.05) is 11.5 Å². The maximum atomic E-state index is 12.5. The van der Waals surface area contributed by atoms with E-state index in [4.69, 9.17) is 11.5 Å². The highest BCUT2D eigenvalue weighted by Gasteiger charge is 2.25. The first-order chi connectivity index (χ1) is 9.72. The fraction of sp³-hybridized carbons (Fsp3) is 0.692. The first kappa shape index (κ1) is 17.5. The third-order valence-corrected chi connectivity index (χ3v) is 4.02. The van der Waals surface area contributed by atoms with Crippen LogP contribution in [-0.2, 0) is 10.5 Å². The number of thioether (sulfide) groups is 1. The van der Waals surface area contributed by atoms with Gasteiger partial charge >= 0.3 is 0 Å². The number of hydrogen-bond acceptors (Lipinski definition) is 7. The van der Waals surface area contributed by atoms with Crippen LogP contribution in [0.5, 0.6) is 0 Å². The predicted octanol–water partition coefficient (Wildman–Crippen LogP) is 1.30. The number of anilines is 2. The van der Waals surface area contributed by atoms with E-state index in [0.717, 1.165) is 0 Å². The minimum absolute atomic E-state index is 0.100. The van der Waals surface area contributed by atoms with Gasteiger partial charge in [0.1, 0.15) is 5.82 Å². The van der Waals surface area contributed by atoms with E-state index in [1.165, 1.54) is 11.8 Å². The van der Waals surface area contributed by atoms with Crippen molar-refractivity contribution < 1.29 is 4.79 Å². The molecule has 0 unspecified atom stereocenters. The maximum absolute atomic E-state index is 12.5. The van der Waals surface area contributed by atoms with Crippen LogP contribution in [0.25, 0.3) is 0 Å². The van der Waals surface area contributed by atoms with E-state index in [-0.39, 0.29) is 35.1 Å². The van der Waals surface area contributed by atoms with Crippen LogP contribution in [0, 0.1) is 0 Å². The molecular formula is C13H24N6OS. The summed E-state index contributed by atoms with van der Waals surface area (Å²) in [7, 11) is 0. The Morgan fingerprint density at radius 1 is 1.05 bits per heavy atom. The van der Waals surface area contributed by atoms with Gasteiger partial charge in [0.2, 0.25) is 17.8 Å². The zero-order valence-corrected chi connectivity index (χ0v) is 14.0. The molecule has 21 heavy (non-hydrogen) atoms. The molecule has 0 fully saturated rings. The smallest absolute Gasteiger partial charge is 0.235 e. The first-order valence-corrected chi connectivity index (χ1v) is 7.97. The molecule has 1 atom stereocenters. The summed E-state index contributed by atoms with van der Waals surface area (Å²) in [6.07, 6.45) is 0. The Morgan fingerprint density at radius 2 is 1.52 bits per heavy atom. The lowest BCUT2D eigenvalue weighted by atomic mass is 10.2. The normalized spacial score (nSPS) is 12.7. The molecule has 1 aromatic rings. The number of carbonyl (C=O) groups excluding carboxylic acids is 1. The van der Waals surface area contributed by atoms with E-state index >= 15 is 0 Å². The number of hydrogen-bond donors (Lipinski definition) is 2. The molecule has 0 radical (unpaired) electrons. The number of rotatable bonds is 6. The van der Waals surface area contributed by atoms with Crippen molar-refractivity contribution in [1.82, 2.24) is 19.9 Å². The molecule has 8 heteroatoms. The highest BCUT2D eigenvalue weighted by atomic mass is 32.2. The van der Waals surface area contributed by atoms with Gasteiger partial charge in [-0.3, -0.25) is 4.79 Å². The Kier molecular flexibility index (Phi) is 6.19. The van der Waals surface area contributed by atoms with Crippen molar-refractivity contribution >= 4 is 29.6 Å². The van der Waals surface area contributed by atoms with Crippen molar-refractivity contribution in [3.05, 3.63) is 5.82 Å². The largest absolute Gasteiger partial charge is 0.368 e. The lowest BCUT2D eigenvalue weighted by Crippen LogP contribution is -2.45. The molecule has 7 nitrogen and oxygen atoms in total. The van der Waals surface area contributed by atoms with Crippen molar-refractivity contribution in [2.24, 2.45) is 0 Å².